The molecule has 0 amide bonds. The van der Waals surface area contributed by atoms with Gasteiger partial charge in [-0.25, -0.2) is 9.97 Å². The maximum Gasteiger partial charge on any atom is 0.140 e. The molecule has 0 bridgehead atoms. The Bertz CT molecular complexity index is 1170. The lowest BCUT2D eigenvalue weighted by molar-refractivity contribution is -0.00545. The number of ether oxygens (including phenoxy) is 1. The molecular weight excluding hydrogens is 398 g/mol. The summed E-state index contributed by atoms with van der Waals surface area (Å²) in [5.74, 6) is 1.72. The fourth-order valence-corrected chi connectivity index (χ4v) is 4.22. The first kappa shape index (κ1) is 19.0. The number of halogens is 1. The third-order valence-electron chi connectivity index (χ3n) is 5.28. The molecule has 1 aliphatic heterocycles. The van der Waals surface area contributed by atoms with Gasteiger partial charge < -0.3 is 14.6 Å². The summed E-state index contributed by atoms with van der Waals surface area (Å²) in [5.41, 5.74) is 4.35. The van der Waals surface area contributed by atoms with Crippen LogP contribution in [0, 0.1) is 0 Å². The van der Waals surface area contributed by atoms with Crippen molar-refractivity contribution in [2.45, 2.75) is 26.1 Å². The number of aromatic amines is 1. The molecule has 152 valence electrons. The van der Waals surface area contributed by atoms with Gasteiger partial charge in [-0.05, 0) is 50.2 Å². The van der Waals surface area contributed by atoms with E-state index >= 15 is 0 Å². The summed E-state index contributed by atoms with van der Waals surface area (Å²) >= 11 is 6.51. The first-order chi connectivity index (χ1) is 14.6. The van der Waals surface area contributed by atoms with Crippen LogP contribution < -0.4 is 4.90 Å². The van der Waals surface area contributed by atoms with Crippen molar-refractivity contribution < 1.29 is 4.74 Å². The number of nitrogens with zero attached hydrogens (tertiary/aromatic N) is 4. The Hall–Kier alpha value is -2.96. The van der Waals surface area contributed by atoms with Crippen LogP contribution in [0.3, 0.4) is 0 Å². The minimum absolute atomic E-state index is 0.198. The standard InChI is InChI=1S/C23H22ClN5O/c1-14-12-29(13-15(2)30-14)22-7-6-16(11-26-22)23-27-20-9-17(18(24)10-21(20)28-23)19-5-3-4-8-25-19/h3-11,14-15H,12-13H2,1-2H3,(H,27,28)/t14-,15+. The summed E-state index contributed by atoms with van der Waals surface area (Å²) in [6.45, 7) is 5.87. The van der Waals surface area contributed by atoms with E-state index < -0.39 is 0 Å². The number of fused-ring (bicyclic) bond motifs is 1. The highest BCUT2D eigenvalue weighted by Gasteiger charge is 2.23. The van der Waals surface area contributed by atoms with Gasteiger partial charge in [0.1, 0.15) is 11.6 Å². The minimum atomic E-state index is 0.198. The highest BCUT2D eigenvalue weighted by Crippen LogP contribution is 2.32. The molecule has 1 N–H and O–H groups in total. The zero-order chi connectivity index (χ0) is 20.7. The number of rotatable bonds is 3. The van der Waals surface area contributed by atoms with Crippen molar-refractivity contribution in [1.29, 1.82) is 0 Å². The third-order valence-corrected chi connectivity index (χ3v) is 5.59. The van der Waals surface area contributed by atoms with Crippen molar-refractivity contribution >= 4 is 28.5 Å². The van der Waals surface area contributed by atoms with Gasteiger partial charge in [-0.1, -0.05) is 17.7 Å². The molecule has 0 spiro atoms. The monoisotopic (exact) mass is 419 g/mol. The molecule has 30 heavy (non-hydrogen) atoms. The van der Waals surface area contributed by atoms with Gasteiger partial charge in [-0.2, -0.15) is 0 Å². The van der Waals surface area contributed by atoms with E-state index in [1.54, 1.807) is 6.20 Å². The van der Waals surface area contributed by atoms with Crippen LogP contribution in [0.4, 0.5) is 5.82 Å². The van der Waals surface area contributed by atoms with Crippen LogP contribution in [-0.2, 0) is 4.74 Å². The lowest BCUT2D eigenvalue weighted by Gasteiger charge is -2.36. The average Bonchev–Trinajstić information content (AvgIpc) is 3.16. The molecule has 6 nitrogen and oxygen atoms in total. The van der Waals surface area contributed by atoms with E-state index in [4.69, 9.17) is 21.3 Å². The molecule has 1 aliphatic rings. The van der Waals surface area contributed by atoms with Gasteiger partial charge in [-0.3, -0.25) is 4.98 Å². The first-order valence-electron chi connectivity index (χ1n) is 10.0. The lowest BCUT2D eigenvalue weighted by atomic mass is 10.1. The van der Waals surface area contributed by atoms with E-state index in [1.807, 2.05) is 48.7 Å². The number of hydrogen-bond acceptors (Lipinski definition) is 5. The van der Waals surface area contributed by atoms with Crippen LogP contribution in [-0.4, -0.2) is 45.2 Å². The van der Waals surface area contributed by atoms with Gasteiger partial charge in [0.25, 0.3) is 0 Å². The van der Waals surface area contributed by atoms with Crippen LogP contribution in [0.15, 0.2) is 54.9 Å². The number of hydrogen-bond donors (Lipinski definition) is 1. The average molecular weight is 420 g/mol. The summed E-state index contributed by atoms with van der Waals surface area (Å²) < 4.78 is 5.82. The Balaban J connectivity index is 1.45. The molecule has 4 aromatic rings. The van der Waals surface area contributed by atoms with Crippen LogP contribution in [0.5, 0.6) is 0 Å². The molecule has 0 aliphatic carbocycles. The molecule has 0 unspecified atom stereocenters. The van der Waals surface area contributed by atoms with Crippen LogP contribution in [0.2, 0.25) is 5.02 Å². The second-order valence-corrected chi connectivity index (χ2v) is 8.12. The largest absolute Gasteiger partial charge is 0.372 e. The van der Waals surface area contributed by atoms with Crippen LogP contribution in [0.25, 0.3) is 33.7 Å². The number of imidazole rings is 1. The third kappa shape index (κ3) is 3.64. The predicted molar refractivity (Wildman–Crippen MR) is 120 cm³/mol. The zero-order valence-corrected chi connectivity index (χ0v) is 17.6. The second-order valence-electron chi connectivity index (χ2n) is 7.72. The Morgan fingerprint density at radius 3 is 2.60 bits per heavy atom. The summed E-state index contributed by atoms with van der Waals surface area (Å²) in [5, 5.41) is 0.639. The van der Waals surface area contributed by atoms with E-state index in [-0.39, 0.29) is 12.2 Å². The van der Waals surface area contributed by atoms with E-state index in [1.165, 1.54) is 0 Å². The maximum atomic E-state index is 6.51. The molecule has 7 heteroatoms. The van der Waals surface area contributed by atoms with Gasteiger partial charge in [0.05, 0.1) is 34.0 Å². The number of anilines is 1. The van der Waals surface area contributed by atoms with E-state index in [9.17, 15) is 0 Å². The number of aromatic nitrogens is 4. The van der Waals surface area contributed by atoms with Gasteiger partial charge in [0, 0.05) is 36.6 Å². The topological polar surface area (TPSA) is 66.9 Å². The van der Waals surface area contributed by atoms with Crippen molar-refractivity contribution in [3.63, 3.8) is 0 Å². The summed E-state index contributed by atoms with van der Waals surface area (Å²) in [6.07, 6.45) is 4.01. The maximum absolute atomic E-state index is 6.51. The van der Waals surface area contributed by atoms with Gasteiger partial charge >= 0.3 is 0 Å². The number of morpholine rings is 1. The van der Waals surface area contributed by atoms with E-state index in [0.29, 0.717) is 5.02 Å². The van der Waals surface area contributed by atoms with Gasteiger partial charge in [-0.15, -0.1) is 0 Å². The molecule has 5 rings (SSSR count). The highest BCUT2D eigenvalue weighted by atomic mass is 35.5. The van der Waals surface area contributed by atoms with Crippen molar-refractivity contribution in [3.8, 4) is 22.6 Å². The van der Waals surface area contributed by atoms with Crippen molar-refractivity contribution in [3.05, 3.63) is 59.9 Å². The summed E-state index contributed by atoms with van der Waals surface area (Å²) in [7, 11) is 0. The van der Waals surface area contributed by atoms with Gasteiger partial charge in [0.2, 0.25) is 0 Å². The Morgan fingerprint density at radius 1 is 1.07 bits per heavy atom. The van der Waals surface area contributed by atoms with Crippen molar-refractivity contribution in [1.82, 2.24) is 19.9 Å². The number of nitrogens with one attached hydrogen (secondary N) is 1. The summed E-state index contributed by atoms with van der Waals surface area (Å²) in [4.78, 5) is 19.5. The Kier molecular flexibility index (Phi) is 4.89. The fourth-order valence-electron chi connectivity index (χ4n) is 3.96. The number of benzene rings is 1. The van der Waals surface area contributed by atoms with Crippen LogP contribution >= 0.6 is 11.6 Å². The molecule has 4 heterocycles. The van der Waals surface area contributed by atoms with Gasteiger partial charge in [0.15, 0.2) is 0 Å². The molecule has 1 fully saturated rings. The van der Waals surface area contributed by atoms with Crippen molar-refractivity contribution in [2.75, 3.05) is 18.0 Å². The molecule has 1 aromatic carbocycles. The Labute approximate surface area is 179 Å². The first-order valence-corrected chi connectivity index (χ1v) is 10.4. The number of pyridine rings is 2. The normalized spacial score (nSPS) is 19.4. The lowest BCUT2D eigenvalue weighted by Crippen LogP contribution is -2.45. The molecule has 1 saturated heterocycles. The quantitative estimate of drug-likeness (QED) is 0.508. The molecular formula is C23H22ClN5O. The zero-order valence-electron chi connectivity index (χ0n) is 16.8. The minimum Gasteiger partial charge on any atom is -0.372 e. The molecule has 2 atom stereocenters. The number of H-pyrrole nitrogens is 1. The smallest absolute Gasteiger partial charge is 0.140 e. The van der Waals surface area contributed by atoms with Crippen molar-refractivity contribution in [2.24, 2.45) is 0 Å². The van der Waals surface area contributed by atoms with E-state index in [2.05, 4.69) is 33.7 Å². The van der Waals surface area contributed by atoms with E-state index in [0.717, 1.165) is 52.6 Å². The second kappa shape index (κ2) is 7.70. The molecule has 0 radical (unpaired) electrons. The Morgan fingerprint density at radius 2 is 1.90 bits per heavy atom. The SMILES string of the molecule is C[C@@H]1CN(c2ccc(-c3nc4cc(-c5ccccn5)c(Cl)cc4[nH]3)cn2)C[C@H](C)O1. The summed E-state index contributed by atoms with van der Waals surface area (Å²) in [6, 6.07) is 13.7. The predicted octanol–water partition coefficient (Wildman–Crippen LogP) is 4.95. The molecule has 3 aromatic heterocycles. The highest BCUT2D eigenvalue weighted by molar-refractivity contribution is 6.34. The van der Waals surface area contributed by atoms with Crippen LogP contribution in [0.1, 0.15) is 13.8 Å². The molecule has 0 saturated carbocycles. The fraction of sp³-hybridized carbons (Fsp3) is 0.261.